The maximum Gasteiger partial charge on any atom is 0.306 e. The van der Waals surface area contributed by atoms with E-state index in [1.54, 1.807) is 6.07 Å². The standard InChI is InChI=1S/C13H17NO4S/c14-11-3-1-2-10(8-11)4-5-13(15)18-12-6-7-19(16,17)9-12/h1-3,8,12H,4-7,9,14H2. The van der Waals surface area contributed by atoms with Gasteiger partial charge in [-0.1, -0.05) is 12.1 Å². The van der Waals surface area contributed by atoms with Gasteiger partial charge in [0, 0.05) is 12.1 Å². The zero-order valence-corrected chi connectivity index (χ0v) is 11.4. The third-order valence-electron chi connectivity index (χ3n) is 3.06. The maximum atomic E-state index is 11.6. The lowest BCUT2D eigenvalue weighted by Gasteiger charge is -2.10. The van der Waals surface area contributed by atoms with Crippen molar-refractivity contribution in [3.8, 4) is 0 Å². The predicted molar refractivity (Wildman–Crippen MR) is 72.3 cm³/mol. The molecule has 1 aliphatic rings. The zero-order chi connectivity index (χ0) is 13.9. The summed E-state index contributed by atoms with van der Waals surface area (Å²) in [5.74, 6) is -0.290. The van der Waals surface area contributed by atoms with Crippen LogP contribution in [0.4, 0.5) is 5.69 Å². The SMILES string of the molecule is Nc1cccc(CCC(=O)OC2CCS(=O)(=O)C2)c1. The van der Waals surface area contributed by atoms with E-state index >= 15 is 0 Å². The maximum absolute atomic E-state index is 11.6. The van der Waals surface area contributed by atoms with Gasteiger partial charge in [0.05, 0.1) is 11.5 Å². The Morgan fingerprint density at radius 1 is 1.42 bits per heavy atom. The summed E-state index contributed by atoms with van der Waals surface area (Å²) in [4.78, 5) is 11.6. The number of nitrogens with two attached hydrogens (primary N) is 1. The smallest absolute Gasteiger partial charge is 0.306 e. The highest BCUT2D eigenvalue weighted by molar-refractivity contribution is 7.91. The summed E-state index contributed by atoms with van der Waals surface area (Å²) in [6.07, 6.45) is 0.716. The molecule has 0 amide bonds. The molecule has 0 spiro atoms. The molecule has 1 heterocycles. The van der Waals surface area contributed by atoms with Gasteiger partial charge in [0.1, 0.15) is 6.10 Å². The van der Waals surface area contributed by atoms with E-state index in [1.807, 2.05) is 18.2 Å². The summed E-state index contributed by atoms with van der Waals surface area (Å²) in [7, 11) is -3.01. The Bertz CT molecular complexity index is 568. The van der Waals surface area contributed by atoms with Crippen molar-refractivity contribution in [2.24, 2.45) is 0 Å². The molecule has 2 N–H and O–H groups in total. The third kappa shape index (κ3) is 4.24. The van der Waals surface area contributed by atoms with Gasteiger partial charge in [-0.05, 0) is 30.5 Å². The van der Waals surface area contributed by atoms with E-state index in [2.05, 4.69) is 0 Å². The second-order valence-electron chi connectivity index (χ2n) is 4.76. The average Bonchev–Trinajstić information content (AvgIpc) is 2.66. The number of rotatable bonds is 4. The number of esters is 1. The highest BCUT2D eigenvalue weighted by atomic mass is 32.2. The summed E-state index contributed by atoms with van der Waals surface area (Å²) >= 11 is 0. The van der Waals surface area contributed by atoms with Crippen LogP contribution < -0.4 is 5.73 Å². The number of hydrogen-bond donors (Lipinski definition) is 1. The Morgan fingerprint density at radius 3 is 2.84 bits per heavy atom. The molecule has 1 fully saturated rings. The first-order chi connectivity index (χ1) is 8.94. The van der Waals surface area contributed by atoms with E-state index in [0.29, 0.717) is 18.5 Å². The van der Waals surface area contributed by atoms with Crippen LogP contribution in [0.3, 0.4) is 0 Å². The number of nitrogen functional groups attached to an aromatic ring is 1. The van der Waals surface area contributed by atoms with Gasteiger partial charge in [0.25, 0.3) is 0 Å². The second-order valence-corrected chi connectivity index (χ2v) is 6.99. The molecule has 19 heavy (non-hydrogen) atoms. The molecule has 1 aliphatic heterocycles. The van der Waals surface area contributed by atoms with E-state index in [4.69, 9.17) is 10.5 Å². The first-order valence-electron chi connectivity index (χ1n) is 6.19. The van der Waals surface area contributed by atoms with E-state index in [0.717, 1.165) is 5.56 Å². The largest absolute Gasteiger partial charge is 0.461 e. The molecule has 1 saturated heterocycles. The summed E-state index contributed by atoms with van der Waals surface area (Å²) in [5, 5.41) is 0. The Hall–Kier alpha value is -1.56. The highest BCUT2D eigenvalue weighted by Crippen LogP contribution is 2.16. The minimum atomic E-state index is -3.01. The molecule has 1 aromatic rings. The number of benzene rings is 1. The molecule has 0 aliphatic carbocycles. The fourth-order valence-electron chi connectivity index (χ4n) is 2.09. The van der Waals surface area contributed by atoms with Crippen LogP contribution in [0.2, 0.25) is 0 Å². The predicted octanol–water partition coefficient (Wildman–Crippen LogP) is 0.932. The first kappa shape index (κ1) is 13.9. The van der Waals surface area contributed by atoms with E-state index in [1.165, 1.54) is 0 Å². The fourth-order valence-corrected chi connectivity index (χ4v) is 3.68. The van der Waals surface area contributed by atoms with Gasteiger partial charge in [-0.15, -0.1) is 0 Å². The Balaban J connectivity index is 1.79. The summed E-state index contributed by atoms with van der Waals surface area (Å²) < 4.78 is 27.6. The van der Waals surface area contributed by atoms with Crippen molar-refractivity contribution in [1.82, 2.24) is 0 Å². The molecule has 104 valence electrons. The van der Waals surface area contributed by atoms with Gasteiger partial charge in [0.15, 0.2) is 9.84 Å². The monoisotopic (exact) mass is 283 g/mol. The molecular formula is C13H17NO4S. The summed E-state index contributed by atoms with van der Waals surface area (Å²) in [5.41, 5.74) is 7.27. The van der Waals surface area contributed by atoms with Crippen LogP contribution in [0.1, 0.15) is 18.4 Å². The first-order valence-corrected chi connectivity index (χ1v) is 8.01. The quantitative estimate of drug-likeness (QED) is 0.656. The molecule has 2 rings (SSSR count). The lowest BCUT2D eigenvalue weighted by Crippen LogP contribution is -2.19. The number of ether oxygens (including phenoxy) is 1. The fraction of sp³-hybridized carbons (Fsp3) is 0.462. The molecule has 1 aromatic carbocycles. The third-order valence-corrected chi connectivity index (χ3v) is 4.79. The van der Waals surface area contributed by atoms with Crippen molar-refractivity contribution in [2.75, 3.05) is 17.2 Å². The van der Waals surface area contributed by atoms with Gasteiger partial charge in [-0.2, -0.15) is 0 Å². The van der Waals surface area contributed by atoms with Crippen molar-refractivity contribution in [1.29, 1.82) is 0 Å². The van der Waals surface area contributed by atoms with Crippen molar-refractivity contribution < 1.29 is 17.9 Å². The molecule has 6 heteroatoms. The average molecular weight is 283 g/mol. The lowest BCUT2D eigenvalue weighted by molar-refractivity contribution is -0.147. The van der Waals surface area contributed by atoms with E-state index in [9.17, 15) is 13.2 Å². The number of anilines is 1. The summed E-state index contributed by atoms with van der Waals surface area (Å²) in [6, 6.07) is 7.32. The topological polar surface area (TPSA) is 86.5 Å². The van der Waals surface area contributed by atoms with Crippen LogP contribution in [-0.2, 0) is 25.8 Å². The normalized spacial score (nSPS) is 21.2. The molecule has 1 atom stereocenters. The number of carbonyl (C=O) groups is 1. The number of hydrogen-bond acceptors (Lipinski definition) is 5. The van der Waals surface area contributed by atoms with Gasteiger partial charge in [-0.25, -0.2) is 8.42 Å². The minimum absolute atomic E-state index is 0.0446. The molecule has 1 unspecified atom stereocenters. The minimum Gasteiger partial charge on any atom is -0.461 e. The molecule has 0 aromatic heterocycles. The Morgan fingerprint density at radius 2 is 2.21 bits per heavy atom. The van der Waals surface area contributed by atoms with Gasteiger partial charge in [-0.3, -0.25) is 4.79 Å². The van der Waals surface area contributed by atoms with Crippen molar-refractivity contribution in [3.63, 3.8) is 0 Å². The van der Waals surface area contributed by atoms with Crippen LogP contribution in [-0.4, -0.2) is 32.0 Å². The van der Waals surface area contributed by atoms with E-state index in [-0.39, 0.29) is 23.9 Å². The summed E-state index contributed by atoms with van der Waals surface area (Å²) in [6.45, 7) is 0. The molecule has 0 saturated carbocycles. The van der Waals surface area contributed by atoms with Crippen molar-refractivity contribution in [2.45, 2.75) is 25.4 Å². The second kappa shape index (κ2) is 5.61. The van der Waals surface area contributed by atoms with Crippen LogP contribution in [0, 0.1) is 0 Å². The molecular weight excluding hydrogens is 266 g/mol. The van der Waals surface area contributed by atoms with Crippen LogP contribution in [0.15, 0.2) is 24.3 Å². The number of carbonyl (C=O) groups excluding carboxylic acids is 1. The molecule has 0 bridgehead atoms. The number of sulfone groups is 1. The highest BCUT2D eigenvalue weighted by Gasteiger charge is 2.30. The number of aryl methyl sites for hydroxylation is 1. The molecule has 0 radical (unpaired) electrons. The van der Waals surface area contributed by atoms with Gasteiger partial charge < -0.3 is 10.5 Å². The van der Waals surface area contributed by atoms with Crippen molar-refractivity contribution >= 4 is 21.5 Å². The van der Waals surface area contributed by atoms with Crippen molar-refractivity contribution in [3.05, 3.63) is 29.8 Å². The van der Waals surface area contributed by atoms with Crippen LogP contribution in [0.25, 0.3) is 0 Å². The lowest BCUT2D eigenvalue weighted by atomic mass is 10.1. The van der Waals surface area contributed by atoms with Crippen LogP contribution in [0.5, 0.6) is 0 Å². The van der Waals surface area contributed by atoms with E-state index < -0.39 is 15.9 Å². The zero-order valence-electron chi connectivity index (χ0n) is 10.5. The Labute approximate surface area is 112 Å². The molecule has 5 nitrogen and oxygen atoms in total. The van der Waals surface area contributed by atoms with Gasteiger partial charge >= 0.3 is 5.97 Å². The van der Waals surface area contributed by atoms with Crippen LogP contribution >= 0.6 is 0 Å². The van der Waals surface area contributed by atoms with Gasteiger partial charge in [0.2, 0.25) is 0 Å². The Kier molecular flexibility index (Phi) is 4.09.